The van der Waals surface area contributed by atoms with Crippen molar-refractivity contribution in [3.05, 3.63) is 28.9 Å². The van der Waals surface area contributed by atoms with Gasteiger partial charge < -0.3 is 10.2 Å². The van der Waals surface area contributed by atoms with E-state index in [9.17, 15) is 14.7 Å². The second-order valence-corrected chi connectivity index (χ2v) is 3.13. The standard InChI is InChI=1S/C8H10N2O4/c1-8(14,7(12)13)4-10-5-9-3-2-6(10)11/h2-3,5,14H,4H2,1H3,(H,12,13). The number of carboxylic acids is 1. The zero-order valence-electron chi connectivity index (χ0n) is 7.54. The number of hydrogen-bond acceptors (Lipinski definition) is 4. The number of rotatable bonds is 3. The molecule has 1 rings (SSSR count). The van der Waals surface area contributed by atoms with Gasteiger partial charge in [0.05, 0.1) is 12.9 Å². The number of carboxylic acid groups (broad SMARTS) is 1. The Kier molecular flexibility index (Phi) is 2.66. The Hall–Kier alpha value is -1.69. The van der Waals surface area contributed by atoms with Crippen LogP contribution in [-0.2, 0) is 11.3 Å². The number of carbonyl (C=O) groups is 1. The third kappa shape index (κ3) is 2.17. The summed E-state index contributed by atoms with van der Waals surface area (Å²) in [6.07, 6.45) is 2.48. The van der Waals surface area contributed by atoms with Gasteiger partial charge in [-0.1, -0.05) is 0 Å². The minimum absolute atomic E-state index is 0.324. The molecule has 0 aliphatic rings. The molecular formula is C8H10N2O4. The van der Waals surface area contributed by atoms with Gasteiger partial charge in [-0.2, -0.15) is 0 Å². The molecule has 1 heterocycles. The molecule has 0 aliphatic heterocycles. The molecule has 2 N–H and O–H groups in total. The second-order valence-electron chi connectivity index (χ2n) is 3.13. The van der Waals surface area contributed by atoms with Crippen LogP contribution in [0.25, 0.3) is 0 Å². The fraction of sp³-hybridized carbons (Fsp3) is 0.375. The van der Waals surface area contributed by atoms with Crippen molar-refractivity contribution in [2.45, 2.75) is 19.1 Å². The van der Waals surface area contributed by atoms with Gasteiger partial charge in [0.15, 0.2) is 5.60 Å². The van der Waals surface area contributed by atoms with Gasteiger partial charge in [-0.25, -0.2) is 9.78 Å². The van der Waals surface area contributed by atoms with Crippen LogP contribution in [0, 0.1) is 0 Å². The molecule has 1 unspecified atom stereocenters. The van der Waals surface area contributed by atoms with E-state index in [-0.39, 0.29) is 6.54 Å². The van der Waals surface area contributed by atoms with Crippen molar-refractivity contribution in [1.29, 1.82) is 0 Å². The summed E-state index contributed by atoms with van der Waals surface area (Å²) in [6.45, 7) is 0.795. The first-order chi connectivity index (χ1) is 6.43. The van der Waals surface area contributed by atoms with E-state index in [1.165, 1.54) is 18.6 Å². The summed E-state index contributed by atoms with van der Waals surface area (Å²) >= 11 is 0. The van der Waals surface area contributed by atoms with Gasteiger partial charge in [-0.3, -0.25) is 9.36 Å². The SMILES string of the molecule is CC(O)(Cn1cnccc1=O)C(=O)O. The third-order valence-corrected chi connectivity index (χ3v) is 1.73. The van der Waals surface area contributed by atoms with Gasteiger partial charge in [0.2, 0.25) is 0 Å². The van der Waals surface area contributed by atoms with Crippen LogP contribution in [-0.4, -0.2) is 31.3 Å². The van der Waals surface area contributed by atoms with Crippen LogP contribution in [0.15, 0.2) is 23.4 Å². The topological polar surface area (TPSA) is 92.4 Å². The van der Waals surface area contributed by atoms with Crippen molar-refractivity contribution in [1.82, 2.24) is 9.55 Å². The molecule has 76 valence electrons. The largest absolute Gasteiger partial charge is 0.479 e. The minimum atomic E-state index is -1.97. The predicted molar refractivity (Wildman–Crippen MR) is 46.8 cm³/mol. The Morgan fingerprint density at radius 1 is 1.71 bits per heavy atom. The highest BCUT2D eigenvalue weighted by Gasteiger charge is 2.30. The number of aromatic nitrogens is 2. The molecule has 0 saturated heterocycles. The highest BCUT2D eigenvalue weighted by molar-refractivity contribution is 5.76. The number of nitrogens with zero attached hydrogens (tertiary/aromatic N) is 2. The van der Waals surface area contributed by atoms with Crippen molar-refractivity contribution in [3.8, 4) is 0 Å². The molecule has 0 amide bonds. The highest BCUT2D eigenvalue weighted by atomic mass is 16.4. The van der Waals surface area contributed by atoms with Gasteiger partial charge in [0.1, 0.15) is 0 Å². The molecule has 0 fully saturated rings. The predicted octanol–water partition coefficient (Wildman–Crippen LogP) is -0.921. The number of hydrogen-bond donors (Lipinski definition) is 2. The highest BCUT2D eigenvalue weighted by Crippen LogP contribution is 2.05. The van der Waals surface area contributed by atoms with Crippen molar-refractivity contribution >= 4 is 5.97 Å². The fourth-order valence-corrected chi connectivity index (χ4v) is 0.896. The smallest absolute Gasteiger partial charge is 0.337 e. The van der Waals surface area contributed by atoms with Gasteiger partial charge in [-0.05, 0) is 6.92 Å². The Bertz CT molecular complexity index is 396. The Balaban J connectivity index is 2.95. The molecule has 0 aromatic carbocycles. The number of aliphatic carboxylic acids is 1. The molecule has 1 aromatic heterocycles. The number of aliphatic hydroxyl groups is 1. The summed E-state index contributed by atoms with van der Waals surface area (Å²) in [6, 6.07) is 1.19. The lowest BCUT2D eigenvalue weighted by Gasteiger charge is -2.18. The summed E-state index contributed by atoms with van der Waals surface area (Å²) in [5.74, 6) is -1.38. The second kappa shape index (κ2) is 3.59. The molecule has 0 aliphatic carbocycles. The Labute approximate surface area is 79.5 Å². The first kappa shape index (κ1) is 10.4. The maximum atomic E-state index is 11.1. The van der Waals surface area contributed by atoms with E-state index in [4.69, 9.17) is 5.11 Å². The lowest BCUT2D eigenvalue weighted by atomic mass is 10.1. The molecule has 6 heteroatoms. The van der Waals surface area contributed by atoms with Crippen LogP contribution >= 0.6 is 0 Å². The van der Waals surface area contributed by atoms with Gasteiger partial charge in [0.25, 0.3) is 5.56 Å². The van der Waals surface area contributed by atoms with Crippen LogP contribution in [0.5, 0.6) is 0 Å². The third-order valence-electron chi connectivity index (χ3n) is 1.73. The van der Waals surface area contributed by atoms with E-state index in [0.717, 1.165) is 11.5 Å². The lowest BCUT2D eigenvalue weighted by Crippen LogP contribution is -2.42. The van der Waals surface area contributed by atoms with E-state index in [2.05, 4.69) is 4.98 Å². The van der Waals surface area contributed by atoms with Crippen LogP contribution in [0.4, 0.5) is 0 Å². The summed E-state index contributed by atoms with van der Waals surface area (Å²) in [7, 11) is 0. The molecular weight excluding hydrogens is 188 g/mol. The molecule has 6 nitrogen and oxygen atoms in total. The van der Waals surface area contributed by atoms with Crippen LogP contribution in [0.3, 0.4) is 0 Å². The molecule has 0 radical (unpaired) electrons. The summed E-state index contributed by atoms with van der Waals surface area (Å²) in [4.78, 5) is 25.3. The van der Waals surface area contributed by atoms with Crippen molar-refractivity contribution in [3.63, 3.8) is 0 Å². The van der Waals surface area contributed by atoms with Crippen molar-refractivity contribution in [2.24, 2.45) is 0 Å². The fourth-order valence-electron chi connectivity index (χ4n) is 0.896. The van der Waals surface area contributed by atoms with E-state index >= 15 is 0 Å². The van der Waals surface area contributed by atoms with E-state index in [0.29, 0.717) is 0 Å². The zero-order valence-corrected chi connectivity index (χ0v) is 7.54. The lowest BCUT2D eigenvalue weighted by molar-refractivity contribution is -0.157. The summed E-state index contributed by atoms with van der Waals surface area (Å²) in [5, 5.41) is 18.0. The quantitative estimate of drug-likeness (QED) is 0.655. The Morgan fingerprint density at radius 3 is 2.86 bits per heavy atom. The van der Waals surface area contributed by atoms with Crippen LogP contribution in [0.2, 0.25) is 0 Å². The van der Waals surface area contributed by atoms with Gasteiger partial charge >= 0.3 is 5.97 Å². The van der Waals surface area contributed by atoms with E-state index in [1.807, 2.05) is 0 Å². The van der Waals surface area contributed by atoms with Crippen molar-refractivity contribution in [2.75, 3.05) is 0 Å². The van der Waals surface area contributed by atoms with E-state index in [1.54, 1.807) is 0 Å². The molecule has 0 bridgehead atoms. The first-order valence-corrected chi connectivity index (χ1v) is 3.90. The molecule has 1 atom stereocenters. The first-order valence-electron chi connectivity index (χ1n) is 3.90. The maximum absolute atomic E-state index is 11.1. The molecule has 0 saturated carbocycles. The maximum Gasteiger partial charge on any atom is 0.337 e. The normalized spacial score (nSPS) is 14.7. The zero-order chi connectivity index (χ0) is 10.8. The van der Waals surface area contributed by atoms with Gasteiger partial charge in [-0.15, -0.1) is 0 Å². The molecule has 1 aromatic rings. The monoisotopic (exact) mass is 198 g/mol. The average Bonchev–Trinajstić information content (AvgIpc) is 2.08. The van der Waals surface area contributed by atoms with Gasteiger partial charge in [0, 0.05) is 12.3 Å². The summed E-state index contributed by atoms with van der Waals surface area (Å²) in [5.41, 5.74) is -2.37. The summed E-state index contributed by atoms with van der Waals surface area (Å²) < 4.78 is 1.04. The average molecular weight is 198 g/mol. The minimum Gasteiger partial charge on any atom is -0.479 e. The molecule has 14 heavy (non-hydrogen) atoms. The van der Waals surface area contributed by atoms with Crippen molar-refractivity contribution < 1.29 is 15.0 Å². The van der Waals surface area contributed by atoms with Crippen LogP contribution in [0.1, 0.15) is 6.92 Å². The van der Waals surface area contributed by atoms with E-state index < -0.39 is 17.1 Å². The Morgan fingerprint density at radius 2 is 2.36 bits per heavy atom. The van der Waals surface area contributed by atoms with Crippen LogP contribution < -0.4 is 5.56 Å². The molecule has 0 spiro atoms.